The van der Waals surface area contributed by atoms with E-state index in [9.17, 15) is 18.5 Å². The number of nitro benzene ring substituents is 1. The van der Waals surface area contributed by atoms with E-state index in [0.29, 0.717) is 16.7 Å². The molecule has 0 aliphatic carbocycles. The van der Waals surface area contributed by atoms with Gasteiger partial charge in [0.15, 0.2) is 9.84 Å². The van der Waals surface area contributed by atoms with Crippen molar-refractivity contribution in [1.82, 2.24) is 0 Å². The van der Waals surface area contributed by atoms with Gasteiger partial charge in [-0.1, -0.05) is 12.1 Å². The van der Waals surface area contributed by atoms with E-state index in [4.69, 9.17) is 5.26 Å². The molecule has 0 aromatic heterocycles. The maximum atomic E-state index is 12.0. The van der Waals surface area contributed by atoms with Gasteiger partial charge in [0, 0.05) is 17.5 Å². The molecule has 0 amide bonds. The first-order valence-corrected chi connectivity index (χ1v) is 8.25. The van der Waals surface area contributed by atoms with Crippen LogP contribution >= 0.6 is 0 Å². The van der Waals surface area contributed by atoms with Crippen molar-refractivity contribution >= 4 is 21.6 Å². The van der Waals surface area contributed by atoms with Crippen LogP contribution in [-0.4, -0.2) is 13.3 Å². The minimum atomic E-state index is -3.48. The van der Waals surface area contributed by atoms with Crippen LogP contribution in [0.25, 0.3) is 6.08 Å². The predicted octanol–water partition coefficient (Wildman–Crippen LogP) is 3.05. The standard InChI is InChI=1S/C16H12N2O4S/c17-11-14-1-3-15(4-2-14)12-23(21,22)10-9-13-5-7-16(8-6-13)18(19)20/h1-10H,12H2. The lowest BCUT2D eigenvalue weighted by molar-refractivity contribution is -0.384. The SMILES string of the molecule is N#Cc1ccc(CS(=O)(=O)C=Cc2ccc([N+](=O)[O-])cc2)cc1. The summed E-state index contributed by atoms with van der Waals surface area (Å²) in [4.78, 5) is 10.0. The zero-order valence-corrected chi connectivity index (χ0v) is 12.7. The maximum Gasteiger partial charge on any atom is 0.269 e. The quantitative estimate of drug-likeness (QED) is 0.620. The summed E-state index contributed by atoms with van der Waals surface area (Å²) in [5.41, 5.74) is 1.55. The monoisotopic (exact) mass is 328 g/mol. The van der Waals surface area contributed by atoms with Gasteiger partial charge in [-0.3, -0.25) is 10.1 Å². The van der Waals surface area contributed by atoms with Crippen LogP contribution in [0.5, 0.6) is 0 Å². The van der Waals surface area contributed by atoms with Gasteiger partial charge in [-0.2, -0.15) is 5.26 Å². The summed E-state index contributed by atoms with van der Waals surface area (Å²) in [5, 5.41) is 20.3. The molecule has 0 aliphatic heterocycles. The van der Waals surface area contributed by atoms with E-state index in [1.165, 1.54) is 30.3 Å². The Morgan fingerprint density at radius 2 is 1.70 bits per heavy atom. The second-order valence-electron chi connectivity index (χ2n) is 4.77. The molecule has 6 nitrogen and oxygen atoms in total. The molecule has 0 unspecified atom stereocenters. The van der Waals surface area contributed by atoms with Crippen molar-refractivity contribution in [1.29, 1.82) is 5.26 Å². The fourth-order valence-electron chi connectivity index (χ4n) is 1.85. The Bertz CT molecular complexity index is 877. The fraction of sp³-hybridized carbons (Fsp3) is 0.0625. The van der Waals surface area contributed by atoms with Crippen LogP contribution in [0.2, 0.25) is 0 Å². The van der Waals surface area contributed by atoms with Gasteiger partial charge < -0.3 is 0 Å². The van der Waals surface area contributed by atoms with Gasteiger partial charge in [-0.15, -0.1) is 0 Å². The summed E-state index contributed by atoms with van der Waals surface area (Å²) in [7, 11) is -3.48. The third-order valence-corrected chi connectivity index (χ3v) is 4.31. The average Bonchev–Trinajstić information content (AvgIpc) is 2.54. The van der Waals surface area contributed by atoms with E-state index in [1.807, 2.05) is 6.07 Å². The highest BCUT2D eigenvalue weighted by molar-refractivity contribution is 7.93. The predicted molar refractivity (Wildman–Crippen MR) is 85.9 cm³/mol. The van der Waals surface area contributed by atoms with Crippen LogP contribution in [0.3, 0.4) is 0 Å². The summed E-state index contributed by atoms with van der Waals surface area (Å²) < 4.78 is 24.1. The van der Waals surface area contributed by atoms with Crippen LogP contribution in [0.4, 0.5) is 5.69 Å². The normalized spacial score (nSPS) is 11.3. The van der Waals surface area contributed by atoms with Gasteiger partial charge in [0.25, 0.3) is 5.69 Å². The minimum absolute atomic E-state index is 0.0532. The van der Waals surface area contributed by atoms with Gasteiger partial charge >= 0.3 is 0 Å². The number of sulfone groups is 1. The van der Waals surface area contributed by atoms with Crippen molar-refractivity contribution in [2.45, 2.75) is 5.75 Å². The molecule has 116 valence electrons. The highest BCUT2D eigenvalue weighted by atomic mass is 32.2. The van der Waals surface area contributed by atoms with Crippen molar-refractivity contribution in [3.8, 4) is 6.07 Å². The maximum absolute atomic E-state index is 12.0. The fourth-order valence-corrected chi connectivity index (χ4v) is 2.96. The average molecular weight is 328 g/mol. The Kier molecular flexibility index (Phi) is 4.88. The molecule has 0 bridgehead atoms. The molecule has 0 N–H and O–H groups in total. The number of benzene rings is 2. The van der Waals surface area contributed by atoms with Gasteiger partial charge in [-0.25, -0.2) is 8.42 Å². The Morgan fingerprint density at radius 1 is 1.09 bits per heavy atom. The number of hydrogen-bond acceptors (Lipinski definition) is 5. The van der Waals surface area contributed by atoms with E-state index in [-0.39, 0.29) is 11.4 Å². The zero-order chi connectivity index (χ0) is 16.9. The minimum Gasteiger partial charge on any atom is -0.258 e. The smallest absolute Gasteiger partial charge is 0.258 e. The molecule has 0 saturated heterocycles. The molecular formula is C16H12N2O4S. The molecule has 0 heterocycles. The third kappa shape index (κ3) is 4.76. The molecule has 0 spiro atoms. The molecule has 0 fully saturated rings. The van der Waals surface area contributed by atoms with Crippen molar-refractivity contribution < 1.29 is 13.3 Å². The lowest BCUT2D eigenvalue weighted by Gasteiger charge is -2.00. The summed E-state index contributed by atoms with van der Waals surface area (Å²) in [6, 6.07) is 13.9. The molecule has 2 aromatic rings. The molecule has 0 radical (unpaired) electrons. The Labute approximate surface area is 133 Å². The topological polar surface area (TPSA) is 101 Å². The number of rotatable bonds is 5. The summed E-state index contributed by atoms with van der Waals surface area (Å²) in [6.45, 7) is 0. The highest BCUT2D eigenvalue weighted by Crippen LogP contribution is 2.15. The third-order valence-electron chi connectivity index (χ3n) is 3.02. The molecule has 2 rings (SSSR count). The Morgan fingerprint density at radius 3 is 2.22 bits per heavy atom. The lowest BCUT2D eigenvalue weighted by atomic mass is 10.2. The summed E-state index contributed by atoms with van der Waals surface area (Å²) >= 11 is 0. The van der Waals surface area contributed by atoms with E-state index < -0.39 is 14.8 Å². The summed E-state index contributed by atoms with van der Waals surface area (Å²) in [5.74, 6) is -0.178. The van der Waals surface area contributed by atoms with Gasteiger partial charge in [0.05, 0.1) is 22.3 Å². The van der Waals surface area contributed by atoms with Crippen LogP contribution in [-0.2, 0) is 15.6 Å². The van der Waals surface area contributed by atoms with Gasteiger partial charge in [0.1, 0.15) is 0 Å². The number of nitrogens with zero attached hydrogens (tertiary/aromatic N) is 2. The number of non-ortho nitro benzene ring substituents is 1. The van der Waals surface area contributed by atoms with Crippen LogP contribution in [0, 0.1) is 21.4 Å². The molecule has 0 atom stereocenters. The Balaban J connectivity index is 2.10. The first kappa shape index (κ1) is 16.4. The van der Waals surface area contributed by atoms with E-state index in [0.717, 1.165) is 5.41 Å². The molecule has 23 heavy (non-hydrogen) atoms. The number of nitriles is 1. The molecule has 7 heteroatoms. The van der Waals surface area contributed by atoms with Crippen molar-refractivity contribution in [2.24, 2.45) is 0 Å². The van der Waals surface area contributed by atoms with E-state index in [2.05, 4.69) is 0 Å². The number of hydrogen-bond donors (Lipinski definition) is 0. The van der Waals surface area contributed by atoms with Crippen LogP contribution in [0.15, 0.2) is 53.9 Å². The van der Waals surface area contributed by atoms with Crippen LogP contribution < -0.4 is 0 Å². The van der Waals surface area contributed by atoms with Crippen LogP contribution in [0.1, 0.15) is 16.7 Å². The Hall–Kier alpha value is -2.98. The van der Waals surface area contributed by atoms with E-state index in [1.54, 1.807) is 24.3 Å². The van der Waals surface area contributed by atoms with Gasteiger partial charge in [0.2, 0.25) is 0 Å². The van der Waals surface area contributed by atoms with Crippen molar-refractivity contribution in [2.75, 3.05) is 0 Å². The van der Waals surface area contributed by atoms with Gasteiger partial charge in [-0.05, 0) is 41.5 Å². The first-order valence-electron chi connectivity index (χ1n) is 6.54. The molecular weight excluding hydrogens is 316 g/mol. The second-order valence-corrected chi connectivity index (χ2v) is 6.65. The van der Waals surface area contributed by atoms with E-state index >= 15 is 0 Å². The van der Waals surface area contributed by atoms with Crippen molar-refractivity contribution in [3.05, 3.63) is 80.7 Å². The number of nitro groups is 1. The summed E-state index contributed by atoms with van der Waals surface area (Å²) in [6.07, 6.45) is 1.39. The zero-order valence-electron chi connectivity index (χ0n) is 11.9. The lowest BCUT2D eigenvalue weighted by Crippen LogP contribution is -1.99. The molecule has 2 aromatic carbocycles. The highest BCUT2D eigenvalue weighted by Gasteiger charge is 2.08. The first-order chi connectivity index (χ1) is 10.9. The molecule has 0 saturated carbocycles. The van der Waals surface area contributed by atoms with Crippen molar-refractivity contribution in [3.63, 3.8) is 0 Å². The second kappa shape index (κ2) is 6.85. The molecule has 0 aliphatic rings. The largest absolute Gasteiger partial charge is 0.269 e.